The average Bonchev–Trinajstić information content (AvgIpc) is 2.47. The van der Waals surface area contributed by atoms with Crippen LogP contribution in [0.1, 0.15) is 11.1 Å². The molecule has 0 saturated carbocycles. The zero-order chi connectivity index (χ0) is 15.4. The van der Waals surface area contributed by atoms with Gasteiger partial charge in [0.15, 0.2) is 6.61 Å². The fraction of sp³-hybridized carbons (Fsp3) is 0.188. The van der Waals surface area contributed by atoms with Crippen molar-refractivity contribution in [3.8, 4) is 5.75 Å². The summed E-state index contributed by atoms with van der Waals surface area (Å²) in [6.07, 6.45) is 0. The summed E-state index contributed by atoms with van der Waals surface area (Å²) >= 11 is 5.78. The highest BCUT2D eigenvalue weighted by atomic mass is 35.5. The van der Waals surface area contributed by atoms with Crippen molar-refractivity contribution in [1.29, 1.82) is 0 Å². The van der Waals surface area contributed by atoms with Crippen LogP contribution in [0.5, 0.6) is 5.75 Å². The van der Waals surface area contributed by atoms with E-state index in [9.17, 15) is 4.79 Å². The van der Waals surface area contributed by atoms with Gasteiger partial charge in [-0.3, -0.25) is 4.79 Å². The van der Waals surface area contributed by atoms with Gasteiger partial charge < -0.3 is 15.8 Å². The highest BCUT2D eigenvalue weighted by molar-refractivity contribution is 6.30. The van der Waals surface area contributed by atoms with Crippen LogP contribution in [0.3, 0.4) is 0 Å². The number of nitrogens with one attached hydrogen (secondary N) is 1. The van der Waals surface area contributed by atoms with Crippen LogP contribution in [-0.4, -0.2) is 12.5 Å². The van der Waals surface area contributed by atoms with Gasteiger partial charge in [-0.05, 0) is 55.3 Å². The molecule has 3 N–H and O–H groups in total. The summed E-state index contributed by atoms with van der Waals surface area (Å²) in [7, 11) is 0. The Labute approximate surface area is 128 Å². The summed E-state index contributed by atoms with van der Waals surface area (Å²) in [5.41, 5.74) is 9.09. The van der Waals surface area contributed by atoms with Crippen molar-refractivity contribution in [1.82, 2.24) is 0 Å². The Bertz CT molecular complexity index is 654. The summed E-state index contributed by atoms with van der Waals surface area (Å²) < 4.78 is 5.39. The van der Waals surface area contributed by atoms with Crippen molar-refractivity contribution < 1.29 is 9.53 Å². The van der Waals surface area contributed by atoms with E-state index in [2.05, 4.69) is 5.32 Å². The first-order valence-electron chi connectivity index (χ1n) is 6.51. The third-order valence-electron chi connectivity index (χ3n) is 3.22. The standard InChI is InChI=1S/C16H17ClN2O2/c1-10-3-8-14(18)16(11(10)2)19-15(20)9-21-13-6-4-12(17)5-7-13/h3-8H,9,18H2,1-2H3,(H,19,20). The van der Waals surface area contributed by atoms with Crippen LogP contribution in [0.2, 0.25) is 5.02 Å². The number of amides is 1. The highest BCUT2D eigenvalue weighted by Gasteiger charge is 2.10. The van der Waals surface area contributed by atoms with Gasteiger partial charge >= 0.3 is 0 Å². The van der Waals surface area contributed by atoms with Crippen LogP contribution in [-0.2, 0) is 4.79 Å². The number of rotatable bonds is 4. The number of carbonyl (C=O) groups is 1. The maximum atomic E-state index is 12.0. The predicted octanol–water partition coefficient (Wildman–Crippen LogP) is 3.56. The predicted molar refractivity (Wildman–Crippen MR) is 85.9 cm³/mol. The van der Waals surface area contributed by atoms with Gasteiger partial charge in [0, 0.05) is 5.02 Å². The van der Waals surface area contributed by atoms with Gasteiger partial charge in [0.1, 0.15) is 5.75 Å². The Hall–Kier alpha value is -2.20. The van der Waals surface area contributed by atoms with E-state index in [0.29, 0.717) is 22.1 Å². The lowest BCUT2D eigenvalue weighted by atomic mass is 10.1. The molecule has 21 heavy (non-hydrogen) atoms. The molecule has 2 aromatic carbocycles. The van der Waals surface area contributed by atoms with Gasteiger partial charge in [-0.15, -0.1) is 0 Å². The minimum Gasteiger partial charge on any atom is -0.484 e. The first-order valence-corrected chi connectivity index (χ1v) is 6.89. The summed E-state index contributed by atoms with van der Waals surface area (Å²) in [4.78, 5) is 12.0. The van der Waals surface area contributed by atoms with E-state index >= 15 is 0 Å². The minimum absolute atomic E-state index is 0.0888. The molecule has 0 heterocycles. The smallest absolute Gasteiger partial charge is 0.262 e. The second kappa shape index (κ2) is 6.50. The van der Waals surface area contributed by atoms with Crippen LogP contribution in [0.15, 0.2) is 36.4 Å². The van der Waals surface area contributed by atoms with Gasteiger partial charge in [-0.25, -0.2) is 0 Å². The van der Waals surface area contributed by atoms with E-state index < -0.39 is 0 Å². The van der Waals surface area contributed by atoms with Gasteiger partial charge in [0.05, 0.1) is 11.4 Å². The topological polar surface area (TPSA) is 64.3 Å². The Morgan fingerprint density at radius 1 is 1.19 bits per heavy atom. The fourth-order valence-corrected chi connectivity index (χ4v) is 1.98. The number of hydrogen-bond acceptors (Lipinski definition) is 3. The number of halogens is 1. The molecule has 2 rings (SSSR count). The zero-order valence-corrected chi connectivity index (χ0v) is 12.7. The summed E-state index contributed by atoms with van der Waals surface area (Å²) in [6.45, 7) is 3.80. The number of ether oxygens (including phenoxy) is 1. The number of nitrogens with two attached hydrogens (primary N) is 1. The van der Waals surface area contributed by atoms with Crippen molar-refractivity contribution in [2.45, 2.75) is 13.8 Å². The normalized spacial score (nSPS) is 10.2. The Kier molecular flexibility index (Phi) is 4.70. The molecular formula is C16H17ClN2O2. The third kappa shape index (κ3) is 3.89. The fourth-order valence-electron chi connectivity index (χ4n) is 1.86. The van der Waals surface area contributed by atoms with E-state index in [0.717, 1.165) is 11.1 Å². The first-order chi connectivity index (χ1) is 9.97. The van der Waals surface area contributed by atoms with Crippen molar-refractivity contribution >= 4 is 28.9 Å². The number of carbonyl (C=O) groups excluding carboxylic acids is 1. The number of nitrogen functional groups attached to an aromatic ring is 1. The van der Waals surface area contributed by atoms with Gasteiger partial charge in [0.2, 0.25) is 0 Å². The van der Waals surface area contributed by atoms with Gasteiger partial charge in [0.25, 0.3) is 5.91 Å². The molecule has 0 saturated heterocycles. The number of benzene rings is 2. The SMILES string of the molecule is Cc1ccc(N)c(NC(=O)COc2ccc(Cl)cc2)c1C. The maximum Gasteiger partial charge on any atom is 0.262 e. The van der Waals surface area contributed by atoms with Crippen LogP contribution < -0.4 is 15.8 Å². The largest absolute Gasteiger partial charge is 0.484 e. The Balaban J connectivity index is 1.99. The summed E-state index contributed by atoms with van der Waals surface area (Å²) in [5.74, 6) is 0.328. The molecule has 0 aliphatic heterocycles. The van der Waals surface area contributed by atoms with E-state index in [1.807, 2.05) is 19.9 Å². The van der Waals surface area contributed by atoms with Crippen molar-refractivity contribution in [3.63, 3.8) is 0 Å². The van der Waals surface area contributed by atoms with E-state index in [1.54, 1.807) is 30.3 Å². The van der Waals surface area contributed by atoms with Crippen molar-refractivity contribution in [3.05, 3.63) is 52.5 Å². The quantitative estimate of drug-likeness (QED) is 0.849. The van der Waals surface area contributed by atoms with Crippen LogP contribution in [0, 0.1) is 13.8 Å². The third-order valence-corrected chi connectivity index (χ3v) is 3.47. The van der Waals surface area contributed by atoms with Gasteiger partial charge in [-0.2, -0.15) is 0 Å². The highest BCUT2D eigenvalue weighted by Crippen LogP contribution is 2.25. The lowest BCUT2D eigenvalue weighted by molar-refractivity contribution is -0.118. The lowest BCUT2D eigenvalue weighted by Gasteiger charge is -2.13. The molecule has 0 aliphatic carbocycles. The molecule has 0 fully saturated rings. The van der Waals surface area contributed by atoms with Crippen molar-refractivity contribution in [2.75, 3.05) is 17.7 Å². The molecule has 1 amide bonds. The maximum absolute atomic E-state index is 12.0. The molecule has 2 aromatic rings. The number of aryl methyl sites for hydroxylation is 1. The van der Waals surface area contributed by atoms with Crippen LogP contribution >= 0.6 is 11.6 Å². The molecule has 110 valence electrons. The molecule has 0 radical (unpaired) electrons. The second-order valence-electron chi connectivity index (χ2n) is 4.76. The molecule has 4 nitrogen and oxygen atoms in total. The van der Waals surface area contributed by atoms with Gasteiger partial charge in [-0.1, -0.05) is 17.7 Å². The van der Waals surface area contributed by atoms with Crippen LogP contribution in [0.4, 0.5) is 11.4 Å². The Morgan fingerprint density at radius 3 is 2.52 bits per heavy atom. The van der Waals surface area contributed by atoms with E-state index in [4.69, 9.17) is 22.1 Å². The Morgan fingerprint density at radius 2 is 1.86 bits per heavy atom. The van der Waals surface area contributed by atoms with Crippen molar-refractivity contribution in [2.24, 2.45) is 0 Å². The number of hydrogen-bond donors (Lipinski definition) is 2. The van der Waals surface area contributed by atoms with E-state index in [-0.39, 0.29) is 12.5 Å². The summed E-state index contributed by atoms with van der Waals surface area (Å²) in [6, 6.07) is 10.5. The molecule has 0 bridgehead atoms. The van der Waals surface area contributed by atoms with E-state index in [1.165, 1.54) is 0 Å². The lowest BCUT2D eigenvalue weighted by Crippen LogP contribution is -2.21. The second-order valence-corrected chi connectivity index (χ2v) is 5.20. The molecule has 0 aliphatic rings. The first kappa shape index (κ1) is 15.2. The molecular weight excluding hydrogens is 288 g/mol. The zero-order valence-electron chi connectivity index (χ0n) is 11.9. The molecule has 0 spiro atoms. The monoisotopic (exact) mass is 304 g/mol. The molecule has 0 aromatic heterocycles. The average molecular weight is 305 g/mol. The van der Waals surface area contributed by atoms with Crippen LogP contribution in [0.25, 0.3) is 0 Å². The number of anilines is 2. The minimum atomic E-state index is -0.259. The molecule has 5 heteroatoms. The summed E-state index contributed by atoms with van der Waals surface area (Å²) in [5, 5.41) is 3.41. The molecule has 0 atom stereocenters. The molecule has 0 unspecified atom stereocenters.